The van der Waals surface area contributed by atoms with E-state index >= 15 is 0 Å². The van der Waals surface area contributed by atoms with Gasteiger partial charge in [0.2, 0.25) is 17.7 Å². The number of hydrogen-bond donors (Lipinski definition) is 1. The van der Waals surface area contributed by atoms with Gasteiger partial charge in [-0.3, -0.25) is 19.3 Å². The number of nitrogens with zero attached hydrogens (tertiary/aromatic N) is 3. The van der Waals surface area contributed by atoms with Crippen LogP contribution in [0.1, 0.15) is 68.6 Å². The SMILES string of the molecule is CCN1C[C@@H]([C@@H](C(N)=O)c2cc(Cl)cc(CN3CCN(C(=O)C4CCCC4)[C@@H](C)C3)c2C)CC1=O. The number of piperazine rings is 1. The van der Waals surface area contributed by atoms with Gasteiger partial charge in [-0.1, -0.05) is 24.4 Å². The number of carbonyl (C=O) groups is 3. The maximum atomic E-state index is 13.0. The summed E-state index contributed by atoms with van der Waals surface area (Å²) in [5.41, 5.74) is 8.80. The Kier molecular flexibility index (Phi) is 8.06. The van der Waals surface area contributed by atoms with Crippen LogP contribution in [0.2, 0.25) is 5.02 Å². The quantitative estimate of drug-likeness (QED) is 0.619. The van der Waals surface area contributed by atoms with E-state index in [0.29, 0.717) is 37.0 Å². The standard InChI is InChI=1S/C27H39ClN4O3/c1-4-31-16-21(12-24(31)33)25(26(29)34)23-13-22(28)11-20(18(23)3)15-30-9-10-32(17(2)14-30)27(35)19-7-5-6-8-19/h11,13,17,19,21,25H,4-10,12,14-16H2,1-3H3,(H2,29,34)/t17-,21-,25+/m0/s1. The smallest absolute Gasteiger partial charge is 0.226 e. The molecule has 2 aliphatic heterocycles. The average molecular weight is 503 g/mol. The summed E-state index contributed by atoms with van der Waals surface area (Å²) in [7, 11) is 0. The summed E-state index contributed by atoms with van der Waals surface area (Å²) in [5, 5.41) is 0.576. The second-order valence-corrected chi connectivity index (χ2v) is 11.1. The molecular weight excluding hydrogens is 464 g/mol. The van der Waals surface area contributed by atoms with Gasteiger partial charge in [-0.25, -0.2) is 0 Å². The van der Waals surface area contributed by atoms with Crippen LogP contribution in [0.15, 0.2) is 12.1 Å². The van der Waals surface area contributed by atoms with E-state index in [0.717, 1.165) is 49.2 Å². The highest BCUT2D eigenvalue weighted by atomic mass is 35.5. The van der Waals surface area contributed by atoms with Gasteiger partial charge in [0.05, 0.1) is 5.92 Å². The fraction of sp³-hybridized carbons (Fsp3) is 0.667. The summed E-state index contributed by atoms with van der Waals surface area (Å²) in [6.07, 6.45) is 4.72. The molecule has 3 fully saturated rings. The highest BCUT2D eigenvalue weighted by Gasteiger charge is 2.39. The monoisotopic (exact) mass is 502 g/mol. The fourth-order valence-corrected chi connectivity index (χ4v) is 6.62. The first kappa shape index (κ1) is 26.0. The molecule has 3 atom stereocenters. The molecule has 0 aromatic heterocycles. The number of amides is 3. The number of primary amides is 1. The van der Waals surface area contributed by atoms with E-state index < -0.39 is 11.8 Å². The number of benzene rings is 1. The Morgan fingerprint density at radius 1 is 1.17 bits per heavy atom. The second-order valence-electron chi connectivity index (χ2n) is 10.7. The Hall–Kier alpha value is -2.12. The molecule has 2 heterocycles. The van der Waals surface area contributed by atoms with E-state index in [4.69, 9.17) is 17.3 Å². The van der Waals surface area contributed by atoms with Crippen molar-refractivity contribution in [1.82, 2.24) is 14.7 Å². The average Bonchev–Trinajstić information content (AvgIpc) is 3.46. The highest BCUT2D eigenvalue weighted by Crippen LogP contribution is 2.37. The first-order chi connectivity index (χ1) is 16.7. The molecule has 8 heteroatoms. The lowest BCUT2D eigenvalue weighted by molar-refractivity contribution is -0.140. The fourth-order valence-electron chi connectivity index (χ4n) is 6.37. The van der Waals surface area contributed by atoms with Crippen molar-refractivity contribution in [1.29, 1.82) is 0 Å². The molecule has 0 unspecified atom stereocenters. The molecule has 3 aliphatic rings. The van der Waals surface area contributed by atoms with E-state index in [1.54, 1.807) is 4.90 Å². The third-order valence-electron chi connectivity index (χ3n) is 8.35. The van der Waals surface area contributed by atoms with Crippen LogP contribution < -0.4 is 5.73 Å². The molecule has 0 radical (unpaired) electrons. The lowest BCUT2D eigenvalue weighted by Crippen LogP contribution is -2.54. The number of likely N-dealkylation sites (tertiary alicyclic amines) is 1. The third-order valence-corrected chi connectivity index (χ3v) is 8.57. The van der Waals surface area contributed by atoms with E-state index in [-0.39, 0.29) is 23.8 Å². The molecule has 35 heavy (non-hydrogen) atoms. The van der Waals surface area contributed by atoms with Crippen LogP contribution in [0, 0.1) is 18.8 Å². The summed E-state index contributed by atoms with van der Waals surface area (Å²) in [4.78, 5) is 44.2. The number of halogens is 1. The molecule has 1 aromatic rings. The molecule has 192 valence electrons. The Bertz CT molecular complexity index is 977. The predicted octanol–water partition coefficient (Wildman–Crippen LogP) is 3.31. The molecular formula is C27H39ClN4O3. The largest absolute Gasteiger partial charge is 0.369 e. The molecule has 1 aliphatic carbocycles. The van der Waals surface area contributed by atoms with E-state index in [1.165, 1.54) is 12.8 Å². The van der Waals surface area contributed by atoms with E-state index in [2.05, 4.69) is 16.7 Å². The molecule has 1 saturated carbocycles. The molecule has 0 bridgehead atoms. The zero-order valence-electron chi connectivity index (χ0n) is 21.3. The van der Waals surface area contributed by atoms with Crippen molar-refractivity contribution in [3.05, 3.63) is 33.8 Å². The van der Waals surface area contributed by atoms with Crippen molar-refractivity contribution in [2.75, 3.05) is 32.7 Å². The van der Waals surface area contributed by atoms with Crippen LogP contribution in [0.5, 0.6) is 0 Å². The lowest BCUT2D eigenvalue weighted by atomic mass is 9.81. The van der Waals surface area contributed by atoms with Crippen LogP contribution in [0.25, 0.3) is 0 Å². The van der Waals surface area contributed by atoms with Crippen LogP contribution in [-0.2, 0) is 20.9 Å². The minimum atomic E-state index is -0.548. The Morgan fingerprint density at radius 2 is 1.89 bits per heavy atom. The summed E-state index contributed by atoms with van der Waals surface area (Å²) in [6, 6.07) is 3.98. The van der Waals surface area contributed by atoms with Crippen molar-refractivity contribution in [2.24, 2.45) is 17.6 Å². The van der Waals surface area contributed by atoms with Crippen molar-refractivity contribution >= 4 is 29.3 Å². The van der Waals surface area contributed by atoms with Gasteiger partial charge < -0.3 is 15.5 Å². The van der Waals surface area contributed by atoms with Crippen LogP contribution in [0.4, 0.5) is 0 Å². The molecule has 3 amide bonds. The van der Waals surface area contributed by atoms with Gasteiger partial charge in [0.1, 0.15) is 0 Å². The number of carbonyl (C=O) groups excluding carboxylic acids is 3. The molecule has 2 saturated heterocycles. The minimum absolute atomic E-state index is 0.0719. The van der Waals surface area contributed by atoms with Crippen LogP contribution >= 0.6 is 11.6 Å². The van der Waals surface area contributed by atoms with Gasteiger partial charge in [-0.05, 0) is 62.4 Å². The van der Waals surface area contributed by atoms with Crippen molar-refractivity contribution in [2.45, 2.75) is 71.4 Å². The Labute approximate surface area is 213 Å². The molecule has 2 N–H and O–H groups in total. The topological polar surface area (TPSA) is 86.9 Å². The summed E-state index contributed by atoms with van der Waals surface area (Å²) in [6.45, 7) is 10.3. The maximum Gasteiger partial charge on any atom is 0.226 e. The first-order valence-electron chi connectivity index (χ1n) is 13.1. The van der Waals surface area contributed by atoms with Crippen molar-refractivity contribution < 1.29 is 14.4 Å². The minimum Gasteiger partial charge on any atom is -0.369 e. The third kappa shape index (κ3) is 5.51. The highest BCUT2D eigenvalue weighted by molar-refractivity contribution is 6.30. The lowest BCUT2D eigenvalue weighted by Gasteiger charge is -2.41. The summed E-state index contributed by atoms with van der Waals surface area (Å²) in [5.74, 6) is -0.499. The van der Waals surface area contributed by atoms with Gasteiger partial charge in [-0.2, -0.15) is 0 Å². The second kappa shape index (κ2) is 10.9. The zero-order valence-corrected chi connectivity index (χ0v) is 22.0. The molecule has 1 aromatic carbocycles. The van der Waals surface area contributed by atoms with Crippen molar-refractivity contribution in [3.63, 3.8) is 0 Å². The molecule has 4 rings (SSSR count). The maximum absolute atomic E-state index is 13.0. The summed E-state index contributed by atoms with van der Waals surface area (Å²) >= 11 is 6.54. The number of hydrogen-bond acceptors (Lipinski definition) is 4. The van der Waals surface area contributed by atoms with Gasteiger partial charge in [0.15, 0.2) is 0 Å². The number of nitrogens with two attached hydrogens (primary N) is 1. The van der Waals surface area contributed by atoms with Crippen LogP contribution in [0.3, 0.4) is 0 Å². The predicted molar refractivity (Wildman–Crippen MR) is 137 cm³/mol. The van der Waals surface area contributed by atoms with Gasteiger partial charge in [0, 0.05) is 68.6 Å². The van der Waals surface area contributed by atoms with Gasteiger partial charge in [0.25, 0.3) is 0 Å². The zero-order chi connectivity index (χ0) is 25.3. The molecule has 0 spiro atoms. The van der Waals surface area contributed by atoms with E-state index in [9.17, 15) is 14.4 Å². The first-order valence-corrected chi connectivity index (χ1v) is 13.5. The van der Waals surface area contributed by atoms with E-state index in [1.807, 2.05) is 26.0 Å². The summed E-state index contributed by atoms with van der Waals surface area (Å²) < 4.78 is 0. The molecule has 7 nitrogen and oxygen atoms in total. The normalized spacial score (nSPS) is 24.9. The van der Waals surface area contributed by atoms with Crippen LogP contribution in [-0.4, -0.2) is 71.2 Å². The Morgan fingerprint density at radius 3 is 2.49 bits per heavy atom. The number of rotatable bonds is 7. The van der Waals surface area contributed by atoms with Crippen molar-refractivity contribution in [3.8, 4) is 0 Å². The Balaban J connectivity index is 1.49. The van der Waals surface area contributed by atoms with Gasteiger partial charge in [-0.15, -0.1) is 0 Å². The van der Waals surface area contributed by atoms with Gasteiger partial charge >= 0.3 is 0 Å².